The molecule has 0 saturated carbocycles. The first kappa shape index (κ1) is 14.5. The molecule has 0 aliphatic heterocycles. The molecule has 0 amide bonds. The van der Waals surface area contributed by atoms with E-state index in [-0.39, 0.29) is 0 Å². The highest BCUT2D eigenvalue weighted by molar-refractivity contribution is 8.55. The number of nitrogens with zero attached hydrogens (tertiary/aromatic N) is 2. The topological polar surface area (TPSA) is 61.3 Å². The van der Waals surface area contributed by atoms with Crippen molar-refractivity contribution >= 4 is 29.2 Å². The fourth-order valence-electron chi connectivity index (χ4n) is 1.50. The van der Waals surface area contributed by atoms with Gasteiger partial charge in [0, 0.05) is 11.4 Å². The lowest BCUT2D eigenvalue weighted by Crippen LogP contribution is -1.93. The molecule has 1 aromatic heterocycles. The van der Waals surface area contributed by atoms with E-state index in [0.717, 1.165) is 22.4 Å². The summed E-state index contributed by atoms with van der Waals surface area (Å²) in [5.74, 6) is 0. The summed E-state index contributed by atoms with van der Waals surface area (Å²) in [6.07, 6.45) is 1.58. The molecule has 0 aliphatic rings. The fraction of sp³-hybridized carbons (Fsp3) is 0.333. The molecule has 0 bridgehead atoms. The van der Waals surface area contributed by atoms with Gasteiger partial charge in [0.2, 0.25) is 0 Å². The van der Waals surface area contributed by atoms with Gasteiger partial charge in [-0.15, -0.1) is 0 Å². The molecule has 0 unspecified atom stereocenters. The predicted molar refractivity (Wildman–Crippen MR) is 76.3 cm³/mol. The fourth-order valence-corrected chi connectivity index (χ4v) is 4.69. The first-order valence-corrected chi connectivity index (χ1v) is 8.94. The lowest BCUT2D eigenvalue weighted by molar-refractivity contribution is 0.237. The maximum absolute atomic E-state index is 12.4. The summed E-state index contributed by atoms with van der Waals surface area (Å²) >= 11 is 0.993. The summed E-state index contributed by atoms with van der Waals surface area (Å²) in [5.41, 5.74) is 1.56. The van der Waals surface area contributed by atoms with E-state index in [0.29, 0.717) is 18.2 Å². The van der Waals surface area contributed by atoms with Gasteiger partial charge in [-0.25, -0.2) is 9.55 Å². The van der Waals surface area contributed by atoms with Gasteiger partial charge >= 0.3 is 6.80 Å². The summed E-state index contributed by atoms with van der Waals surface area (Å²) in [7, 11) is 0. The zero-order valence-corrected chi connectivity index (χ0v) is 12.5. The number of hydrogen-bond donors (Lipinski definition) is 0. The maximum atomic E-state index is 12.4. The third-order valence-electron chi connectivity index (χ3n) is 2.21. The van der Waals surface area contributed by atoms with Gasteiger partial charge in [0.1, 0.15) is 5.03 Å². The quantitative estimate of drug-likeness (QED) is 0.754. The second-order valence-corrected chi connectivity index (χ2v) is 7.47. The monoisotopic (exact) mass is 298 g/mol. The Labute approximate surface area is 116 Å². The second kappa shape index (κ2) is 6.48. The van der Waals surface area contributed by atoms with Crippen molar-refractivity contribution in [2.75, 3.05) is 13.2 Å². The van der Waals surface area contributed by atoms with Crippen molar-refractivity contribution in [3.05, 3.63) is 30.5 Å². The molecule has 7 heteroatoms. The summed E-state index contributed by atoms with van der Waals surface area (Å²) in [4.78, 5) is 8.66. The van der Waals surface area contributed by atoms with Crippen molar-refractivity contribution in [3.63, 3.8) is 0 Å². The SMILES string of the molecule is CCOP(=O)(OCC)Sc1cnc2ccccc2n1. The van der Waals surface area contributed by atoms with Crippen LogP contribution >= 0.6 is 18.2 Å². The Hall–Kier alpha value is -0.940. The van der Waals surface area contributed by atoms with Crippen LogP contribution in [-0.4, -0.2) is 23.2 Å². The summed E-state index contributed by atoms with van der Waals surface area (Å²) in [6, 6.07) is 7.52. The van der Waals surface area contributed by atoms with Crippen molar-refractivity contribution in [3.8, 4) is 0 Å². The van der Waals surface area contributed by atoms with Gasteiger partial charge < -0.3 is 9.05 Å². The molecule has 5 nitrogen and oxygen atoms in total. The minimum atomic E-state index is -3.21. The first-order valence-electron chi connectivity index (χ1n) is 5.97. The minimum absolute atomic E-state index is 0.325. The van der Waals surface area contributed by atoms with Gasteiger partial charge in [0.25, 0.3) is 0 Å². The van der Waals surface area contributed by atoms with Gasteiger partial charge in [-0.1, -0.05) is 12.1 Å². The number of hydrogen-bond acceptors (Lipinski definition) is 6. The molecule has 2 aromatic rings. The number of aromatic nitrogens is 2. The van der Waals surface area contributed by atoms with E-state index in [1.54, 1.807) is 20.0 Å². The molecule has 102 valence electrons. The molecule has 0 aliphatic carbocycles. The Morgan fingerprint density at radius 2 is 1.79 bits per heavy atom. The van der Waals surface area contributed by atoms with Crippen LogP contribution in [-0.2, 0) is 13.6 Å². The molecule has 1 heterocycles. The number of rotatable bonds is 6. The highest BCUT2D eigenvalue weighted by Crippen LogP contribution is 2.63. The molecule has 0 spiro atoms. The molecule has 0 atom stereocenters. The van der Waals surface area contributed by atoms with Crippen molar-refractivity contribution in [2.45, 2.75) is 18.9 Å². The van der Waals surface area contributed by atoms with E-state index in [1.165, 1.54) is 0 Å². The van der Waals surface area contributed by atoms with Crippen molar-refractivity contribution in [1.82, 2.24) is 9.97 Å². The average molecular weight is 298 g/mol. The maximum Gasteiger partial charge on any atom is 0.395 e. The lowest BCUT2D eigenvalue weighted by Gasteiger charge is -2.15. The standard InChI is InChI=1S/C12H15N2O3PS/c1-3-16-18(15,17-4-2)19-12-9-13-10-7-5-6-8-11(10)14-12/h5-9H,3-4H2,1-2H3. The largest absolute Gasteiger partial charge is 0.395 e. The normalized spacial score (nSPS) is 11.9. The summed E-state index contributed by atoms with van der Waals surface area (Å²) < 4.78 is 22.8. The average Bonchev–Trinajstić information content (AvgIpc) is 2.39. The van der Waals surface area contributed by atoms with Crippen LogP contribution in [0, 0.1) is 0 Å². The predicted octanol–water partition coefficient (Wildman–Crippen LogP) is 3.90. The van der Waals surface area contributed by atoms with E-state index in [4.69, 9.17) is 9.05 Å². The van der Waals surface area contributed by atoms with Gasteiger partial charge in [-0.05, 0) is 26.0 Å². The summed E-state index contributed by atoms with van der Waals surface area (Å²) in [6.45, 7) is 0.996. The van der Waals surface area contributed by atoms with Crippen LogP contribution in [0.1, 0.15) is 13.8 Å². The van der Waals surface area contributed by atoms with Gasteiger partial charge in [0.15, 0.2) is 0 Å². The highest BCUT2D eigenvalue weighted by atomic mass is 32.7. The van der Waals surface area contributed by atoms with Gasteiger partial charge in [0.05, 0.1) is 30.4 Å². The van der Waals surface area contributed by atoms with Crippen LogP contribution in [0.15, 0.2) is 35.5 Å². The van der Waals surface area contributed by atoms with E-state index in [9.17, 15) is 4.57 Å². The summed E-state index contributed by atoms with van der Waals surface area (Å²) in [5, 5.41) is 0.531. The van der Waals surface area contributed by atoms with Crippen molar-refractivity contribution in [1.29, 1.82) is 0 Å². The van der Waals surface area contributed by atoms with Gasteiger partial charge in [-0.3, -0.25) is 4.98 Å². The Morgan fingerprint density at radius 1 is 1.16 bits per heavy atom. The third-order valence-corrected chi connectivity index (χ3v) is 5.83. The molecule has 0 radical (unpaired) electrons. The van der Waals surface area contributed by atoms with Crippen LogP contribution in [0.4, 0.5) is 0 Å². The minimum Gasteiger partial charge on any atom is -0.301 e. The Kier molecular flexibility index (Phi) is 4.93. The zero-order valence-electron chi connectivity index (χ0n) is 10.8. The number of fused-ring (bicyclic) bond motifs is 1. The van der Waals surface area contributed by atoms with Crippen LogP contribution in [0.5, 0.6) is 0 Å². The van der Waals surface area contributed by atoms with E-state index in [2.05, 4.69) is 9.97 Å². The molecular weight excluding hydrogens is 283 g/mol. The van der Waals surface area contributed by atoms with Crippen molar-refractivity contribution < 1.29 is 13.6 Å². The van der Waals surface area contributed by atoms with E-state index >= 15 is 0 Å². The van der Waals surface area contributed by atoms with E-state index in [1.807, 2.05) is 24.3 Å². The van der Waals surface area contributed by atoms with Crippen molar-refractivity contribution in [2.24, 2.45) is 0 Å². The Balaban J connectivity index is 2.26. The highest BCUT2D eigenvalue weighted by Gasteiger charge is 2.26. The van der Waals surface area contributed by atoms with Crippen LogP contribution in [0.25, 0.3) is 11.0 Å². The van der Waals surface area contributed by atoms with Gasteiger partial charge in [-0.2, -0.15) is 0 Å². The van der Waals surface area contributed by atoms with E-state index < -0.39 is 6.80 Å². The van der Waals surface area contributed by atoms with Crippen LogP contribution < -0.4 is 0 Å². The molecule has 1 aromatic carbocycles. The number of para-hydroxylation sites is 2. The van der Waals surface area contributed by atoms with Crippen LogP contribution in [0.2, 0.25) is 0 Å². The lowest BCUT2D eigenvalue weighted by atomic mass is 10.3. The molecular formula is C12H15N2O3PS. The second-order valence-electron chi connectivity index (χ2n) is 3.57. The first-order chi connectivity index (χ1) is 9.17. The molecule has 2 rings (SSSR count). The molecule has 0 N–H and O–H groups in total. The Morgan fingerprint density at radius 3 is 2.42 bits per heavy atom. The Bertz CT molecular complexity index is 598. The molecule has 19 heavy (non-hydrogen) atoms. The molecule has 0 fully saturated rings. The molecule has 0 saturated heterocycles. The van der Waals surface area contributed by atoms with Crippen LogP contribution in [0.3, 0.4) is 0 Å². The smallest absolute Gasteiger partial charge is 0.301 e. The number of benzene rings is 1. The third kappa shape index (κ3) is 3.76. The zero-order chi connectivity index (χ0) is 13.7.